The van der Waals surface area contributed by atoms with Crippen LogP contribution in [0.3, 0.4) is 0 Å². The van der Waals surface area contributed by atoms with E-state index in [-0.39, 0.29) is 6.42 Å². The van der Waals surface area contributed by atoms with Crippen molar-refractivity contribution in [2.75, 3.05) is 7.05 Å². The number of nitrogens with zero attached hydrogens (tertiary/aromatic N) is 1. The second-order valence-corrected chi connectivity index (χ2v) is 10.0. The molecule has 0 aliphatic carbocycles. The minimum atomic E-state index is -1.50. The van der Waals surface area contributed by atoms with E-state index in [0.717, 1.165) is 17.0 Å². The highest BCUT2D eigenvalue weighted by Crippen LogP contribution is 2.29. The summed E-state index contributed by atoms with van der Waals surface area (Å²) in [4.78, 5) is 26.8. The molecule has 1 unspecified atom stereocenters. The maximum absolute atomic E-state index is 13.8. The zero-order chi connectivity index (χ0) is 22.1. The maximum Gasteiger partial charge on any atom is 0.410 e. The molecule has 1 aromatic rings. The van der Waals surface area contributed by atoms with E-state index in [9.17, 15) is 18.4 Å². The molecule has 0 aliphatic rings. The first-order chi connectivity index (χ1) is 12.5. The van der Waals surface area contributed by atoms with Crippen LogP contribution in [0.15, 0.2) is 12.1 Å². The summed E-state index contributed by atoms with van der Waals surface area (Å²) in [6.45, 7) is 11.8. The molecule has 0 heterocycles. The number of carbonyl (C=O) groups is 2. The van der Waals surface area contributed by atoms with Crippen LogP contribution in [0.1, 0.15) is 54.0 Å². The van der Waals surface area contributed by atoms with Crippen molar-refractivity contribution in [2.24, 2.45) is 0 Å². The van der Waals surface area contributed by atoms with E-state index in [1.807, 2.05) is 22.6 Å². The van der Waals surface area contributed by atoms with Crippen molar-refractivity contribution in [3.63, 3.8) is 0 Å². The van der Waals surface area contributed by atoms with Gasteiger partial charge in [0, 0.05) is 17.0 Å². The van der Waals surface area contributed by atoms with Crippen LogP contribution < -0.4 is 0 Å². The van der Waals surface area contributed by atoms with Gasteiger partial charge in [0.05, 0.1) is 0 Å². The minimum Gasteiger partial charge on any atom is -0.458 e. The molecule has 1 rings (SSSR count). The first kappa shape index (κ1) is 24.6. The summed E-state index contributed by atoms with van der Waals surface area (Å²) in [5, 5.41) is 0. The molecule has 0 saturated heterocycles. The average molecular weight is 511 g/mol. The van der Waals surface area contributed by atoms with Crippen molar-refractivity contribution in [1.29, 1.82) is 0 Å². The maximum atomic E-state index is 13.8. The smallest absolute Gasteiger partial charge is 0.410 e. The van der Waals surface area contributed by atoms with E-state index >= 15 is 0 Å². The van der Waals surface area contributed by atoms with Gasteiger partial charge >= 0.3 is 12.1 Å². The molecule has 5 nitrogen and oxygen atoms in total. The Labute approximate surface area is 178 Å². The van der Waals surface area contributed by atoms with Gasteiger partial charge in [-0.3, -0.25) is 4.90 Å². The standard InChI is InChI=1S/C20H28F2INO4/c1-18(2,3)27-16(25)20(7,24(8)17(26)28-19(4,5)6)11-12-9-13(21)14(22)10-15(12)23/h9-10H,11H2,1-8H3. The van der Waals surface area contributed by atoms with E-state index in [1.165, 1.54) is 14.0 Å². The quantitative estimate of drug-likeness (QED) is 0.322. The first-order valence-electron chi connectivity index (χ1n) is 8.80. The van der Waals surface area contributed by atoms with Crippen molar-refractivity contribution in [1.82, 2.24) is 4.90 Å². The summed E-state index contributed by atoms with van der Waals surface area (Å²) in [6, 6.07) is 2.08. The Morgan fingerprint density at radius 3 is 1.89 bits per heavy atom. The van der Waals surface area contributed by atoms with Gasteiger partial charge in [-0.05, 0) is 88.8 Å². The van der Waals surface area contributed by atoms with Gasteiger partial charge < -0.3 is 9.47 Å². The van der Waals surface area contributed by atoms with Gasteiger partial charge in [-0.25, -0.2) is 18.4 Å². The Kier molecular flexibility index (Phi) is 7.47. The Morgan fingerprint density at radius 1 is 0.964 bits per heavy atom. The lowest BCUT2D eigenvalue weighted by Gasteiger charge is -2.39. The molecule has 1 aromatic carbocycles. The number of hydrogen-bond acceptors (Lipinski definition) is 4. The number of benzene rings is 1. The molecule has 0 bridgehead atoms. The third-order valence-corrected chi connectivity index (χ3v) is 4.87. The van der Waals surface area contributed by atoms with E-state index in [2.05, 4.69) is 0 Å². The van der Waals surface area contributed by atoms with Crippen LogP contribution in [0.5, 0.6) is 0 Å². The van der Waals surface area contributed by atoms with E-state index in [1.54, 1.807) is 41.5 Å². The summed E-state index contributed by atoms with van der Waals surface area (Å²) >= 11 is 1.86. The minimum absolute atomic E-state index is 0.0763. The van der Waals surface area contributed by atoms with Crippen molar-refractivity contribution in [2.45, 2.75) is 71.6 Å². The van der Waals surface area contributed by atoms with Crippen LogP contribution in [-0.4, -0.2) is 40.8 Å². The van der Waals surface area contributed by atoms with Crippen LogP contribution in [0, 0.1) is 15.2 Å². The number of rotatable bonds is 4. The fraction of sp³-hybridized carbons (Fsp3) is 0.600. The fourth-order valence-corrected chi connectivity index (χ4v) is 2.94. The second kappa shape index (κ2) is 8.51. The van der Waals surface area contributed by atoms with E-state index in [4.69, 9.17) is 9.47 Å². The Hall–Kier alpha value is -1.45. The molecular weight excluding hydrogens is 483 g/mol. The zero-order valence-corrected chi connectivity index (χ0v) is 19.7. The highest BCUT2D eigenvalue weighted by Gasteiger charge is 2.45. The second-order valence-electron chi connectivity index (χ2n) is 8.85. The molecule has 0 fully saturated rings. The Bertz CT molecular complexity index is 756. The van der Waals surface area contributed by atoms with Crippen LogP contribution >= 0.6 is 22.6 Å². The summed E-state index contributed by atoms with van der Waals surface area (Å²) in [5.41, 5.74) is -2.69. The number of ether oxygens (including phenoxy) is 2. The lowest BCUT2D eigenvalue weighted by molar-refractivity contribution is -0.167. The monoisotopic (exact) mass is 511 g/mol. The predicted octanol–water partition coefficient (Wildman–Crippen LogP) is 5.08. The SMILES string of the molecule is CN(C(=O)OC(C)(C)C)C(C)(Cc1cc(F)c(F)cc1I)C(=O)OC(C)(C)C. The lowest BCUT2D eigenvalue weighted by Crippen LogP contribution is -2.57. The summed E-state index contributed by atoms with van der Waals surface area (Å²) in [5.74, 6) is -2.68. The number of amides is 1. The average Bonchev–Trinajstić information content (AvgIpc) is 2.48. The van der Waals surface area contributed by atoms with Crippen molar-refractivity contribution < 1.29 is 27.8 Å². The van der Waals surface area contributed by atoms with Gasteiger partial charge in [-0.2, -0.15) is 0 Å². The molecule has 8 heteroatoms. The van der Waals surface area contributed by atoms with Crippen molar-refractivity contribution >= 4 is 34.7 Å². The molecule has 0 spiro atoms. The third-order valence-electron chi connectivity index (χ3n) is 3.87. The number of carbonyl (C=O) groups excluding carboxylic acids is 2. The third kappa shape index (κ3) is 6.56. The van der Waals surface area contributed by atoms with E-state index in [0.29, 0.717) is 9.13 Å². The Balaban J connectivity index is 3.37. The molecular formula is C20H28F2INO4. The molecule has 1 amide bonds. The van der Waals surface area contributed by atoms with Crippen molar-refractivity contribution in [3.8, 4) is 0 Å². The lowest BCUT2D eigenvalue weighted by atomic mass is 9.91. The number of hydrogen-bond donors (Lipinski definition) is 0. The number of likely N-dealkylation sites (N-methyl/N-ethyl adjacent to an activating group) is 1. The van der Waals surface area contributed by atoms with Gasteiger partial charge in [-0.15, -0.1) is 0 Å². The van der Waals surface area contributed by atoms with Crippen LogP contribution in [0.25, 0.3) is 0 Å². The topological polar surface area (TPSA) is 55.8 Å². The zero-order valence-electron chi connectivity index (χ0n) is 17.6. The summed E-state index contributed by atoms with van der Waals surface area (Å²) in [7, 11) is 1.42. The molecule has 0 radical (unpaired) electrons. The molecule has 158 valence electrons. The fourth-order valence-electron chi connectivity index (χ4n) is 2.32. The molecule has 0 saturated carbocycles. The van der Waals surface area contributed by atoms with Gasteiger partial charge in [-0.1, -0.05) is 0 Å². The van der Waals surface area contributed by atoms with Gasteiger partial charge in [0.1, 0.15) is 16.7 Å². The molecule has 0 aromatic heterocycles. The van der Waals surface area contributed by atoms with E-state index < -0.39 is 40.4 Å². The van der Waals surface area contributed by atoms with Crippen LogP contribution in [0.2, 0.25) is 0 Å². The summed E-state index contributed by atoms with van der Waals surface area (Å²) in [6.07, 6.45) is -0.800. The van der Waals surface area contributed by atoms with Gasteiger partial charge in [0.2, 0.25) is 0 Å². The first-order valence-corrected chi connectivity index (χ1v) is 9.88. The molecule has 28 heavy (non-hydrogen) atoms. The van der Waals surface area contributed by atoms with Crippen LogP contribution in [-0.2, 0) is 20.7 Å². The predicted molar refractivity (Wildman–Crippen MR) is 111 cm³/mol. The van der Waals surface area contributed by atoms with Crippen LogP contribution in [0.4, 0.5) is 13.6 Å². The number of esters is 1. The van der Waals surface area contributed by atoms with Crippen molar-refractivity contribution in [3.05, 3.63) is 32.9 Å². The highest BCUT2D eigenvalue weighted by molar-refractivity contribution is 14.1. The molecule has 0 N–H and O–H groups in total. The molecule has 1 atom stereocenters. The normalized spacial score (nSPS) is 14.2. The largest absolute Gasteiger partial charge is 0.458 e. The Morgan fingerprint density at radius 2 is 1.43 bits per heavy atom. The number of halogens is 3. The van der Waals surface area contributed by atoms with Gasteiger partial charge in [0.15, 0.2) is 11.6 Å². The molecule has 0 aliphatic heterocycles. The highest BCUT2D eigenvalue weighted by atomic mass is 127. The summed E-state index contributed by atoms with van der Waals surface area (Å²) < 4.78 is 38.6. The van der Waals surface area contributed by atoms with Gasteiger partial charge in [0.25, 0.3) is 0 Å².